The number of aliphatic hydroxyl groups is 1. The van der Waals surface area contributed by atoms with Gasteiger partial charge >= 0.3 is 0 Å². The topological polar surface area (TPSA) is 90.6 Å². The summed E-state index contributed by atoms with van der Waals surface area (Å²) in [5, 5.41) is 18.8. The molecule has 0 radical (unpaired) electrons. The number of β-amino-alcohol motifs (C(OH)–C–C–N with tert-alkyl or cyclic N) is 1. The predicted molar refractivity (Wildman–Crippen MR) is 93.0 cm³/mol. The molecule has 0 aromatic heterocycles. The maximum absolute atomic E-state index is 12.6. The van der Waals surface area contributed by atoms with E-state index < -0.39 is 11.5 Å². The Morgan fingerprint density at radius 1 is 1.36 bits per heavy atom. The number of imide groups is 1. The van der Waals surface area contributed by atoms with Gasteiger partial charge in [-0.05, 0) is 29.9 Å². The van der Waals surface area contributed by atoms with Crippen molar-refractivity contribution in [2.45, 2.75) is 25.4 Å². The van der Waals surface area contributed by atoms with Crippen LogP contribution in [0.2, 0.25) is 0 Å². The van der Waals surface area contributed by atoms with E-state index in [9.17, 15) is 14.7 Å². The molecule has 2 amide bonds. The third-order valence-corrected chi connectivity index (χ3v) is 5.88. The van der Waals surface area contributed by atoms with E-state index in [-0.39, 0.29) is 31.4 Å². The highest BCUT2D eigenvalue weighted by molar-refractivity contribution is 7.99. The summed E-state index contributed by atoms with van der Waals surface area (Å²) in [6, 6.07) is 9.12. The molecule has 0 bridgehead atoms. The number of nitriles is 1. The summed E-state index contributed by atoms with van der Waals surface area (Å²) in [5.41, 5.74) is 0.349. The highest BCUT2D eigenvalue weighted by atomic mass is 32.2. The first-order valence-electron chi connectivity index (χ1n) is 8.23. The van der Waals surface area contributed by atoms with Gasteiger partial charge in [0.05, 0.1) is 24.4 Å². The molecule has 3 rings (SSSR count). The van der Waals surface area contributed by atoms with Gasteiger partial charge in [-0.25, -0.2) is 0 Å². The van der Waals surface area contributed by atoms with Crippen molar-refractivity contribution in [3.05, 3.63) is 29.8 Å². The summed E-state index contributed by atoms with van der Waals surface area (Å²) < 4.78 is 5.51. The van der Waals surface area contributed by atoms with Gasteiger partial charge in [0.25, 0.3) is 0 Å². The van der Waals surface area contributed by atoms with E-state index in [1.807, 2.05) is 0 Å². The van der Waals surface area contributed by atoms with Gasteiger partial charge in [-0.3, -0.25) is 14.5 Å². The monoisotopic (exact) mass is 360 g/mol. The van der Waals surface area contributed by atoms with Crippen LogP contribution in [0.1, 0.15) is 18.4 Å². The molecule has 1 aromatic carbocycles. The Morgan fingerprint density at radius 3 is 2.76 bits per heavy atom. The SMILES string of the molecule is N#CCc1ccc(OC[C@H](O)CN2C(=O)C[C@@]3(CCSC3)C2=O)cc1. The number of amides is 2. The Kier molecular flexibility index (Phi) is 5.30. The van der Waals surface area contributed by atoms with Gasteiger partial charge < -0.3 is 9.84 Å². The Hall–Kier alpha value is -2.04. The van der Waals surface area contributed by atoms with Gasteiger partial charge in [-0.2, -0.15) is 17.0 Å². The Bertz CT molecular complexity index is 692. The summed E-state index contributed by atoms with van der Waals surface area (Å²) >= 11 is 1.70. The van der Waals surface area contributed by atoms with Crippen molar-refractivity contribution in [1.29, 1.82) is 5.26 Å². The largest absolute Gasteiger partial charge is 0.491 e. The molecule has 2 atom stereocenters. The highest BCUT2D eigenvalue weighted by Crippen LogP contribution is 2.44. The minimum Gasteiger partial charge on any atom is -0.491 e. The molecular formula is C18H20N2O4S. The fourth-order valence-corrected chi connectivity index (χ4v) is 4.65. The molecule has 2 saturated heterocycles. The number of aliphatic hydroxyl groups excluding tert-OH is 1. The van der Waals surface area contributed by atoms with Gasteiger partial charge in [0, 0.05) is 12.2 Å². The van der Waals surface area contributed by atoms with E-state index in [0.29, 0.717) is 17.9 Å². The molecule has 2 heterocycles. The Balaban J connectivity index is 1.52. The van der Waals surface area contributed by atoms with Crippen LogP contribution in [-0.2, 0) is 16.0 Å². The fraction of sp³-hybridized carbons (Fsp3) is 0.500. The minimum absolute atomic E-state index is 0.00356. The van der Waals surface area contributed by atoms with Crippen molar-refractivity contribution in [3.8, 4) is 11.8 Å². The Labute approximate surface area is 150 Å². The first kappa shape index (κ1) is 17.8. The smallest absolute Gasteiger partial charge is 0.236 e. The lowest BCUT2D eigenvalue weighted by Crippen LogP contribution is -2.41. The number of thioether (sulfide) groups is 1. The average molecular weight is 360 g/mol. The van der Waals surface area contributed by atoms with E-state index in [4.69, 9.17) is 10.00 Å². The number of ether oxygens (including phenoxy) is 1. The summed E-state index contributed by atoms with van der Waals surface area (Å²) in [5.74, 6) is 1.81. The average Bonchev–Trinajstić information content (AvgIpc) is 3.16. The zero-order chi connectivity index (χ0) is 17.9. The molecule has 2 fully saturated rings. The fourth-order valence-electron chi connectivity index (χ4n) is 3.21. The quantitative estimate of drug-likeness (QED) is 0.771. The van der Waals surface area contributed by atoms with Crippen molar-refractivity contribution in [2.75, 3.05) is 24.7 Å². The third-order valence-electron chi connectivity index (χ3n) is 4.64. The molecule has 6 nitrogen and oxygen atoms in total. The van der Waals surface area contributed by atoms with Crippen LogP contribution < -0.4 is 4.74 Å². The van der Waals surface area contributed by atoms with Crippen LogP contribution in [0, 0.1) is 16.7 Å². The van der Waals surface area contributed by atoms with Crippen molar-refractivity contribution < 1.29 is 19.4 Å². The van der Waals surface area contributed by atoms with E-state index in [0.717, 1.165) is 17.7 Å². The van der Waals surface area contributed by atoms with E-state index >= 15 is 0 Å². The lowest BCUT2D eigenvalue weighted by atomic mass is 9.86. The molecule has 25 heavy (non-hydrogen) atoms. The molecule has 1 N–H and O–H groups in total. The van der Waals surface area contributed by atoms with Crippen molar-refractivity contribution >= 4 is 23.6 Å². The van der Waals surface area contributed by atoms with Crippen LogP contribution in [0.15, 0.2) is 24.3 Å². The van der Waals surface area contributed by atoms with E-state index in [2.05, 4.69) is 6.07 Å². The lowest BCUT2D eigenvalue weighted by Gasteiger charge is -2.22. The summed E-state index contributed by atoms with van der Waals surface area (Å²) in [4.78, 5) is 25.9. The van der Waals surface area contributed by atoms with Crippen LogP contribution >= 0.6 is 11.8 Å². The van der Waals surface area contributed by atoms with Crippen LogP contribution in [0.25, 0.3) is 0 Å². The van der Waals surface area contributed by atoms with Gasteiger partial charge in [0.2, 0.25) is 11.8 Å². The van der Waals surface area contributed by atoms with Crippen molar-refractivity contribution in [1.82, 2.24) is 4.90 Å². The molecular weight excluding hydrogens is 340 g/mol. The highest BCUT2D eigenvalue weighted by Gasteiger charge is 2.53. The van der Waals surface area contributed by atoms with Crippen LogP contribution in [0.3, 0.4) is 0 Å². The zero-order valence-electron chi connectivity index (χ0n) is 13.8. The van der Waals surface area contributed by atoms with Crippen LogP contribution in [-0.4, -0.2) is 52.6 Å². The maximum atomic E-state index is 12.6. The first-order chi connectivity index (χ1) is 12.0. The molecule has 0 saturated carbocycles. The number of hydrogen-bond acceptors (Lipinski definition) is 6. The van der Waals surface area contributed by atoms with Crippen molar-refractivity contribution in [2.24, 2.45) is 5.41 Å². The molecule has 7 heteroatoms. The molecule has 1 spiro atoms. The number of nitrogens with zero attached hydrogens (tertiary/aromatic N) is 2. The van der Waals surface area contributed by atoms with Gasteiger partial charge in [-0.1, -0.05) is 12.1 Å². The second kappa shape index (κ2) is 7.46. The number of hydrogen-bond donors (Lipinski definition) is 1. The summed E-state index contributed by atoms with van der Waals surface area (Å²) in [6.45, 7) is -0.0347. The Morgan fingerprint density at radius 2 is 2.12 bits per heavy atom. The third kappa shape index (κ3) is 3.80. The zero-order valence-corrected chi connectivity index (χ0v) is 14.6. The van der Waals surface area contributed by atoms with Gasteiger partial charge in [-0.15, -0.1) is 0 Å². The standard InChI is InChI=1S/C18H20N2O4S/c19-7-5-13-1-3-15(4-2-13)24-11-14(21)10-20-16(22)9-18(17(20)23)6-8-25-12-18/h1-4,14,21H,5-6,8-12H2/t14-,18-/m1/s1. The number of likely N-dealkylation sites (tertiary alicyclic amines) is 1. The molecule has 2 aliphatic rings. The van der Waals surface area contributed by atoms with Gasteiger partial charge in [0.1, 0.15) is 18.5 Å². The maximum Gasteiger partial charge on any atom is 0.236 e. The molecule has 2 aliphatic heterocycles. The second-order valence-electron chi connectivity index (χ2n) is 6.51. The van der Waals surface area contributed by atoms with Crippen LogP contribution in [0.5, 0.6) is 5.75 Å². The molecule has 0 aliphatic carbocycles. The summed E-state index contributed by atoms with van der Waals surface area (Å²) in [7, 11) is 0. The predicted octanol–water partition coefficient (Wildman–Crippen LogP) is 1.37. The van der Waals surface area contributed by atoms with Crippen LogP contribution in [0.4, 0.5) is 0 Å². The van der Waals surface area contributed by atoms with E-state index in [1.54, 1.807) is 36.0 Å². The van der Waals surface area contributed by atoms with E-state index in [1.165, 1.54) is 4.90 Å². The molecule has 0 unspecified atom stereocenters. The molecule has 132 valence electrons. The second-order valence-corrected chi connectivity index (χ2v) is 7.62. The van der Waals surface area contributed by atoms with Crippen molar-refractivity contribution in [3.63, 3.8) is 0 Å². The number of carbonyl (C=O) groups excluding carboxylic acids is 2. The summed E-state index contributed by atoms with van der Waals surface area (Å²) in [6.07, 6.45) is 0.394. The minimum atomic E-state index is -0.934. The van der Waals surface area contributed by atoms with Gasteiger partial charge in [0.15, 0.2) is 0 Å². The normalized spacial score (nSPS) is 23.9. The molecule has 1 aromatic rings. The number of carbonyl (C=O) groups is 2. The lowest BCUT2D eigenvalue weighted by molar-refractivity contribution is -0.142. The number of rotatable bonds is 6. The first-order valence-corrected chi connectivity index (χ1v) is 9.39. The number of benzene rings is 1.